The standard InChI is InChI=1S/C32H27N5O4/c1-40-29-18-21(31-33-16-15-26(36-31)27-19-24-25(35-27)14-17-34-32(24)39)12-13-28(29)41-20-30(38)37(22-8-4-2-5-9-22)23-10-6-3-7-11-23/h2-13,15-16,18-19,35H,14,17,20H2,1H3,(H,34,39). The van der Waals surface area contributed by atoms with Crippen molar-refractivity contribution < 1.29 is 19.1 Å². The minimum absolute atomic E-state index is 0.0857. The number of nitrogens with zero attached hydrogens (tertiary/aromatic N) is 3. The third kappa shape index (κ3) is 5.38. The van der Waals surface area contributed by atoms with Crippen molar-refractivity contribution in [1.82, 2.24) is 20.3 Å². The predicted octanol–water partition coefficient (Wildman–Crippen LogP) is 5.18. The number of aromatic nitrogens is 3. The smallest absolute Gasteiger partial charge is 0.269 e. The topological polar surface area (TPSA) is 109 Å². The van der Waals surface area contributed by atoms with Crippen LogP contribution in [0.4, 0.5) is 11.4 Å². The van der Waals surface area contributed by atoms with E-state index in [1.165, 1.54) is 0 Å². The van der Waals surface area contributed by atoms with E-state index in [1.807, 2.05) is 72.8 Å². The van der Waals surface area contributed by atoms with Gasteiger partial charge >= 0.3 is 0 Å². The number of methoxy groups -OCH3 is 1. The highest BCUT2D eigenvalue weighted by Crippen LogP contribution is 2.33. The molecule has 0 saturated heterocycles. The number of aromatic amines is 1. The number of rotatable bonds is 8. The lowest BCUT2D eigenvalue weighted by Crippen LogP contribution is -2.31. The maximum Gasteiger partial charge on any atom is 0.269 e. The number of benzene rings is 3. The van der Waals surface area contributed by atoms with Gasteiger partial charge in [0.15, 0.2) is 23.9 Å². The molecular formula is C32H27N5O4. The van der Waals surface area contributed by atoms with Crippen LogP contribution in [-0.2, 0) is 11.2 Å². The maximum absolute atomic E-state index is 13.4. The van der Waals surface area contributed by atoms with Gasteiger partial charge in [0.05, 0.1) is 24.1 Å². The fourth-order valence-electron chi connectivity index (χ4n) is 4.80. The third-order valence-electron chi connectivity index (χ3n) is 6.79. The third-order valence-corrected chi connectivity index (χ3v) is 6.79. The molecule has 0 atom stereocenters. The van der Waals surface area contributed by atoms with E-state index in [0.717, 1.165) is 29.2 Å². The van der Waals surface area contributed by atoms with Crippen LogP contribution >= 0.6 is 0 Å². The normalized spacial score (nSPS) is 12.3. The number of H-pyrrole nitrogens is 1. The van der Waals surface area contributed by atoms with E-state index in [4.69, 9.17) is 14.5 Å². The Balaban J connectivity index is 1.22. The number of carbonyl (C=O) groups is 2. The van der Waals surface area contributed by atoms with E-state index in [-0.39, 0.29) is 18.4 Å². The van der Waals surface area contributed by atoms with Gasteiger partial charge in [-0.3, -0.25) is 14.5 Å². The van der Waals surface area contributed by atoms with Crippen molar-refractivity contribution in [3.05, 3.63) is 108 Å². The molecule has 9 nitrogen and oxygen atoms in total. The molecule has 3 aromatic carbocycles. The molecular weight excluding hydrogens is 518 g/mol. The van der Waals surface area contributed by atoms with Crippen LogP contribution in [0.1, 0.15) is 16.1 Å². The Labute approximate surface area is 236 Å². The van der Waals surface area contributed by atoms with Crippen molar-refractivity contribution in [1.29, 1.82) is 0 Å². The zero-order valence-corrected chi connectivity index (χ0v) is 22.3. The molecule has 0 saturated carbocycles. The van der Waals surface area contributed by atoms with Crippen LogP contribution in [0, 0.1) is 0 Å². The number of hydrogen-bond donors (Lipinski definition) is 2. The zero-order valence-electron chi connectivity index (χ0n) is 22.3. The number of hydrogen-bond acceptors (Lipinski definition) is 6. The molecule has 0 unspecified atom stereocenters. The highest BCUT2D eigenvalue weighted by Gasteiger charge is 2.22. The summed E-state index contributed by atoms with van der Waals surface area (Å²) < 4.78 is 11.5. The molecule has 0 bridgehead atoms. The first kappa shape index (κ1) is 25.8. The minimum atomic E-state index is -0.230. The van der Waals surface area contributed by atoms with Crippen molar-refractivity contribution in [3.8, 4) is 34.3 Å². The van der Waals surface area contributed by atoms with Gasteiger partial charge in [0.2, 0.25) is 0 Å². The van der Waals surface area contributed by atoms with Gasteiger partial charge in [-0.25, -0.2) is 9.97 Å². The fourth-order valence-corrected chi connectivity index (χ4v) is 4.80. The van der Waals surface area contributed by atoms with Crippen molar-refractivity contribution >= 4 is 23.2 Å². The summed E-state index contributed by atoms with van der Waals surface area (Å²) in [5.41, 5.74) is 5.17. The van der Waals surface area contributed by atoms with Crippen LogP contribution in [0.2, 0.25) is 0 Å². The van der Waals surface area contributed by atoms with Crippen LogP contribution in [0.3, 0.4) is 0 Å². The first-order valence-electron chi connectivity index (χ1n) is 13.2. The van der Waals surface area contributed by atoms with E-state index in [0.29, 0.717) is 40.7 Å². The van der Waals surface area contributed by atoms with Crippen molar-refractivity contribution in [2.24, 2.45) is 0 Å². The van der Waals surface area contributed by atoms with E-state index < -0.39 is 0 Å². The van der Waals surface area contributed by atoms with Gasteiger partial charge in [-0.05, 0) is 54.6 Å². The quantitative estimate of drug-likeness (QED) is 0.278. The van der Waals surface area contributed by atoms with Crippen LogP contribution in [0.15, 0.2) is 97.2 Å². The summed E-state index contributed by atoms with van der Waals surface area (Å²) in [5, 5.41) is 2.86. The molecule has 9 heteroatoms. The van der Waals surface area contributed by atoms with Crippen LogP contribution in [0.25, 0.3) is 22.8 Å². The molecule has 2 aromatic heterocycles. The van der Waals surface area contributed by atoms with Gasteiger partial charge in [-0.2, -0.15) is 0 Å². The fraction of sp³-hybridized carbons (Fsp3) is 0.125. The second-order valence-corrected chi connectivity index (χ2v) is 9.40. The molecule has 204 valence electrons. The molecule has 0 fully saturated rings. The molecule has 3 heterocycles. The summed E-state index contributed by atoms with van der Waals surface area (Å²) in [6, 6.07) is 27.8. The van der Waals surface area contributed by atoms with Gasteiger partial charge in [0, 0.05) is 41.8 Å². The molecule has 2 N–H and O–H groups in total. The Kier molecular flexibility index (Phi) is 7.15. The lowest BCUT2D eigenvalue weighted by molar-refractivity contribution is -0.119. The number of nitrogens with one attached hydrogen (secondary N) is 2. The molecule has 5 aromatic rings. The largest absolute Gasteiger partial charge is 0.493 e. The average Bonchev–Trinajstić information content (AvgIpc) is 3.47. The maximum atomic E-state index is 13.4. The van der Waals surface area contributed by atoms with Gasteiger partial charge in [-0.1, -0.05) is 36.4 Å². The van der Waals surface area contributed by atoms with Crippen LogP contribution in [-0.4, -0.2) is 47.0 Å². The zero-order chi connectivity index (χ0) is 28.2. The molecule has 0 radical (unpaired) electrons. The predicted molar refractivity (Wildman–Crippen MR) is 155 cm³/mol. The van der Waals surface area contributed by atoms with E-state index in [2.05, 4.69) is 15.3 Å². The lowest BCUT2D eigenvalue weighted by Gasteiger charge is -2.23. The summed E-state index contributed by atoms with van der Waals surface area (Å²) in [6.45, 7) is 0.410. The average molecular weight is 546 g/mol. The Morgan fingerprint density at radius 2 is 1.66 bits per heavy atom. The molecule has 0 spiro atoms. The Morgan fingerprint density at radius 3 is 2.34 bits per heavy atom. The Hall–Kier alpha value is -5.44. The number of para-hydroxylation sites is 2. The molecule has 1 aliphatic heterocycles. The highest BCUT2D eigenvalue weighted by atomic mass is 16.5. The van der Waals surface area contributed by atoms with E-state index >= 15 is 0 Å². The summed E-state index contributed by atoms with van der Waals surface area (Å²) >= 11 is 0. The number of carbonyl (C=O) groups excluding carboxylic acids is 2. The van der Waals surface area contributed by atoms with Gasteiger partial charge in [0.1, 0.15) is 0 Å². The highest BCUT2D eigenvalue weighted by molar-refractivity contribution is 6.01. The van der Waals surface area contributed by atoms with Gasteiger partial charge in [0.25, 0.3) is 11.8 Å². The SMILES string of the molecule is COc1cc(-c2nccc(-c3cc4c([nH]3)CCNC4=O)n2)ccc1OCC(=O)N(c1ccccc1)c1ccccc1. The minimum Gasteiger partial charge on any atom is -0.493 e. The van der Waals surface area contributed by atoms with Crippen LogP contribution in [0.5, 0.6) is 11.5 Å². The number of ether oxygens (including phenoxy) is 2. The second kappa shape index (κ2) is 11.4. The molecule has 1 aliphatic rings. The Bertz CT molecular complexity index is 1660. The molecule has 2 amide bonds. The molecule has 41 heavy (non-hydrogen) atoms. The first-order valence-corrected chi connectivity index (χ1v) is 13.2. The van der Waals surface area contributed by atoms with Crippen LogP contribution < -0.4 is 19.7 Å². The van der Waals surface area contributed by atoms with E-state index in [1.54, 1.807) is 36.4 Å². The van der Waals surface area contributed by atoms with Gasteiger partial charge < -0.3 is 19.8 Å². The molecule has 0 aliphatic carbocycles. The first-order chi connectivity index (χ1) is 20.1. The summed E-state index contributed by atoms with van der Waals surface area (Å²) in [4.78, 5) is 39.7. The van der Waals surface area contributed by atoms with Crippen molar-refractivity contribution in [3.63, 3.8) is 0 Å². The molecule has 6 rings (SSSR count). The number of amides is 2. The summed E-state index contributed by atoms with van der Waals surface area (Å²) in [5.74, 6) is 1.04. The van der Waals surface area contributed by atoms with Crippen molar-refractivity contribution in [2.75, 3.05) is 25.2 Å². The summed E-state index contributed by atoms with van der Waals surface area (Å²) in [6.07, 6.45) is 2.42. The lowest BCUT2D eigenvalue weighted by atomic mass is 10.1. The summed E-state index contributed by atoms with van der Waals surface area (Å²) in [7, 11) is 1.54. The number of anilines is 2. The Morgan fingerprint density at radius 1 is 0.927 bits per heavy atom. The van der Waals surface area contributed by atoms with E-state index in [9.17, 15) is 9.59 Å². The van der Waals surface area contributed by atoms with Gasteiger partial charge in [-0.15, -0.1) is 0 Å². The number of fused-ring (bicyclic) bond motifs is 1. The second-order valence-electron chi connectivity index (χ2n) is 9.40. The monoisotopic (exact) mass is 545 g/mol. The van der Waals surface area contributed by atoms with Crippen molar-refractivity contribution in [2.45, 2.75) is 6.42 Å².